The number of carboxylic acids is 1. The molecule has 2 heterocycles. The van der Waals surface area contributed by atoms with Crippen LogP contribution in [0.15, 0.2) is 24.5 Å². The number of aromatic nitrogens is 1. The van der Waals surface area contributed by atoms with Crippen molar-refractivity contribution >= 4 is 58.3 Å². The Hall–Kier alpha value is -2.44. The first-order valence-corrected chi connectivity index (χ1v) is 8.93. The van der Waals surface area contributed by atoms with Gasteiger partial charge in [-0.05, 0) is 45.1 Å². The second kappa shape index (κ2) is 6.94. The fourth-order valence-corrected chi connectivity index (χ4v) is 3.16. The molecule has 1 N–H and O–H groups in total. The van der Waals surface area contributed by atoms with E-state index in [2.05, 4.69) is 0 Å². The summed E-state index contributed by atoms with van der Waals surface area (Å²) in [5.41, 5.74) is 1.39. The topological polar surface area (TPSA) is 71.8 Å². The van der Waals surface area contributed by atoms with Crippen LogP contribution in [0, 0.1) is 0 Å². The Morgan fingerprint density at radius 1 is 1.11 bits per heavy atom. The molecule has 142 valence electrons. The lowest BCUT2D eigenvalue weighted by Gasteiger charge is -2.22. The number of nitrogens with zero attached hydrogens (tertiary/aromatic N) is 2. The van der Waals surface area contributed by atoms with Crippen LogP contribution in [-0.2, 0) is 16.1 Å². The third-order valence-electron chi connectivity index (χ3n) is 3.88. The van der Waals surface area contributed by atoms with Gasteiger partial charge in [-0.1, -0.05) is 23.2 Å². The minimum atomic E-state index is -0.994. The number of hydrogen-bond acceptors (Lipinski definition) is 3. The van der Waals surface area contributed by atoms with Gasteiger partial charge in [-0.25, -0.2) is 4.79 Å². The Morgan fingerprint density at radius 2 is 1.74 bits per heavy atom. The molecule has 1 aliphatic heterocycles. The smallest absolute Gasteiger partial charge is 0.418 e. The van der Waals surface area contributed by atoms with E-state index >= 15 is 0 Å². The summed E-state index contributed by atoms with van der Waals surface area (Å²) in [6, 6.07) is 3.34. The molecule has 1 aromatic heterocycles. The monoisotopic (exact) mass is 408 g/mol. The van der Waals surface area contributed by atoms with Gasteiger partial charge in [0.05, 0.1) is 21.3 Å². The molecule has 0 aliphatic carbocycles. The molecule has 27 heavy (non-hydrogen) atoms. The second-order valence-electron chi connectivity index (χ2n) is 7.08. The molecule has 2 aromatic rings. The molecule has 8 heteroatoms. The normalized spacial score (nSPS) is 13.6. The van der Waals surface area contributed by atoms with Gasteiger partial charge in [0.1, 0.15) is 12.1 Å². The first kappa shape index (κ1) is 19.3. The molecule has 0 bridgehead atoms. The van der Waals surface area contributed by atoms with E-state index in [0.717, 1.165) is 10.9 Å². The van der Waals surface area contributed by atoms with Crippen molar-refractivity contribution in [2.75, 3.05) is 0 Å². The number of carbonyl (C=O) groups excluding carboxylic acids is 1. The number of carbonyl (C=O) groups is 2. The summed E-state index contributed by atoms with van der Waals surface area (Å²) in [6.45, 7) is 5.09. The summed E-state index contributed by atoms with van der Waals surface area (Å²) in [7, 11) is 0. The van der Waals surface area contributed by atoms with Gasteiger partial charge >= 0.3 is 12.1 Å². The van der Waals surface area contributed by atoms with Crippen molar-refractivity contribution in [3.8, 4) is 0 Å². The average molecular weight is 409 g/mol. The van der Waals surface area contributed by atoms with E-state index < -0.39 is 17.7 Å². The van der Waals surface area contributed by atoms with Gasteiger partial charge in [-0.15, -0.1) is 0 Å². The lowest BCUT2D eigenvalue weighted by molar-refractivity contribution is -0.137. The first-order valence-electron chi connectivity index (χ1n) is 8.17. The van der Waals surface area contributed by atoms with Gasteiger partial charge in [-0.3, -0.25) is 9.69 Å². The summed E-state index contributed by atoms with van der Waals surface area (Å²) in [5.74, 6) is -0.994. The molecular weight excluding hydrogens is 391 g/mol. The first-order chi connectivity index (χ1) is 12.6. The molecule has 3 rings (SSSR count). The minimum Gasteiger partial charge on any atom is -0.480 e. The van der Waals surface area contributed by atoms with Gasteiger partial charge in [0.25, 0.3) is 0 Å². The van der Waals surface area contributed by atoms with Crippen molar-refractivity contribution in [2.45, 2.75) is 32.9 Å². The Balaban J connectivity index is 2.12. The maximum absolute atomic E-state index is 12.3. The number of amides is 1. The standard InChI is InChI=1S/C19H18Cl2N2O4/c1-19(2,3)27-18(26)22-6-4-11-12-8-13(20)14(21)9-16(12)23(10-17(24)25)15(11)5-7-22/h4-9H,10H2,1-3H3,(H,24,25). The van der Waals surface area contributed by atoms with Crippen molar-refractivity contribution in [3.63, 3.8) is 0 Å². The number of carboxylic acid groups (broad SMARTS) is 1. The summed E-state index contributed by atoms with van der Waals surface area (Å²) >= 11 is 12.3. The summed E-state index contributed by atoms with van der Waals surface area (Å²) < 4.78 is 6.99. The zero-order valence-electron chi connectivity index (χ0n) is 15.0. The van der Waals surface area contributed by atoms with E-state index in [4.69, 9.17) is 27.9 Å². The molecule has 6 nitrogen and oxygen atoms in total. The zero-order chi connectivity index (χ0) is 19.9. The van der Waals surface area contributed by atoms with Crippen LogP contribution in [0.5, 0.6) is 0 Å². The van der Waals surface area contributed by atoms with Crippen molar-refractivity contribution in [3.05, 3.63) is 45.8 Å². The van der Waals surface area contributed by atoms with E-state index in [1.807, 2.05) is 0 Å². The van der Waals surface area contributed by atoms with Crippen molar-refractivity contribution in [2.24, 2.45) is 0 Å². The molecule has 0 saturated carbocycles. The second-order valence-corrected chi connectivity index (χ2v) is 7.90. The number of fused-ring (bicyclic) bond motifs is 3. The van der Waals surface area contributed by atoms with E-state index in [9.17, 15) is 14.7 Å². The van der Waals surface area contributed by atoms with Gasteiger partial charge < -0.3 is 14.4 Å². The highest BCUT2D eigenvalue weighted by Crippen LogP contribution is 2.35. The minimum absolute atomic E-state index is 0.256. The SMILES string of the molecule is CC(C)(C)OC(=O)N1C=Cc2c(n(CC(=O)O)c3cc(Cl)c(Cl)cc23)C=C1. The molecule has 1 aliphatic rings. The number of aliphatic carboxylic acids is 1. The fourth-order valence-electron chi connectivity index (χ4n) is 2.84. The van der Waals surface area contributed by atoms with Gasteiger partial charge in [0, 0.05) is 23.3 Å². The summed E-state index contributed by atoms with van der Waals surface area (Å²) in [5, 5.41) is 10.8. The van der Waals surface area contributed by atoms with Crippen LogP contribution < -0.4 is 0 Å². The molecule has 0 saturated heterocycles. The summed E-state index contributed by atoms with van der Waals surface area (Å²) in [4.78, 5) is 25.0. The fraction of sp³-hybridized carbons (Fsp3) is 0.263. The number of ether oxygens (including phenoxy) is 1. The van der Waals surface area contributed by atoms with E-state index in [0.29, 0.717) is 21.3 Å². The van der Waals surface area contributed by atoms with Crippen molar-refractivity contribution in [1.29, 1.82) is 0 Å². The predicted molar refractivity (Wildman–Crippen MR) is 106 cm³/mol. The Bertz CT molecular complexity index is 1000. The zero-order valence-corrected chi connectivity index (χ0v) is 16.5. The molecule has 0 radical (unpaired) electrons. The number of rotatable bonds is 2. The molecule has 0 spiro atoms. The Morgan fingerprint density at radius 3 is 2.37 bits per heavy atom. The Labute approximate surface area is 166 Å². The van der Waals surface area contributed by atoms with Crippen LogP contribution in [0.4, 0.5) is 4.79 Å². The van der Waals surface area contributed by atoms with Crippen molar-refractivity contribution < 1.29 is 19.4 Å². The van der Waals surface area contributed by atoms with E-state index in [1.54, 1.807) is 55.8 Å². The lowest BCUT2D eigenvalue weighted by atomic mass is 10.1. The largest absolute Gasteiger partial charge is 0.480 e. The van der Waals surface area contributed by atoms with Crippen molar-refractivity contribution in [1.82, 2.24) is 9.47 Å². The maximum atomic E-state index is 12.3. The highest BCUT2D eigenvalue weighted by atomic mass is 35.5. The number of halogens is 2. The molecule has 1 amide bonds. The number of benzene rings is 1. The van der Waals surface area contributed by atoms with Crippen LogP contribution >= 0.6 is 23.2 Å². The lowest BCUT2D eigenvalue weighted by Crippen LogP contribution is -2.30. The number of hydrogen-bond donors (Lipinski definition) is 1. The highest BCUT2D eigenvalue weighted by molar-refractivity contribution is 6.42. The third kappa shape index (κ3) is 3.96. The highest BCUT2D eigenvalue weighted by Gasteiger charge is 2.23. The van der Waals surface area contributed by atoms with Crippen LogP contribution in [-0.4, -0.2) is 32.2 Å². The van der Waals surface area contributed by atoms with E-state index in [1.165, 1.54) is 11.1 Å². The van der Waals surface area contributed by atoms with Crippen LogP contribution in [0.1, 0.15) is 32.0 Å². The maximum Gasteiger partial charge on any atom is 0.418 e. The molecular formula is C19H18Cl2N2O4. The molecule has 0 unspecified atom stereocenters. The molecule has 0 atom stereocenters. The van der Waals surface area contributed by atoms with Gasteiger partial charge in [0.15, 0.2) is 0 Å². The quantitative estimate of drug-likeness (QED) is 0.738. The van der Waals surface area contributed by atoms with Gasteiger partial charge in [-0.2, -0.15) is 0 Å². The Kier molecular flexibility index (Phi) is 4.97. The average Bonchev–Trinajstić information content (AvgIpc) is 2.70. The van der Waals surface area contributed by atoms with Crippen LogP contribution in [0.3, 0.4) is 0 Å². The third-order valence-corrected chi connectivity index (χ3v) is 4.60. The van der Waals surface area contributed by atoms with Crippen LogP contribution in [0.2, 0.25) is 10.0 Å². The van der Waals surface area contributed by atoms with Gasteiger partial charge in [0.2, 0.25) is 0 Å². The molecule has 0 fully saturated rings. The predicted octanol–water partition coefficient (Wildman–Crippen LogP) is 5.22. The van der Waals surface area contributed by atoms with Crippen LogP contribution in [0.25, 0.3) is 23.1 Å². The molecule has 1 aromatic carbocycles. The van der Waals surface area contributed by atoms with E-state index in [-0.39, 0.29) is 6.54 Å². The summed E-state index contributed by atoms with van der Waals surface area (Å²) in [6.07, 6.45) is 5.98.